The SMILES string of the molecule is Cc1cc2c(cc1C(=O)O)NC(=O)/C2=C(\Nc1ccc(C(=O)NCCC(=O)N2CCN(C)CC2)cc1)c1ccccc1. The Kier molecular flexibility index (Phi) is 8.35. The molecule has 0 atom stereocenters. The molecule has 0 unspecified atom stereocenters. The number of carbonyl (C=O) groups is 4. The summed E-state index contributed by atoms with van der Waals surface area (Å²) in [4.78, 5) is 54.0. The molecular formula is C32H33N5O5. The van der Waals surface area contributed by atoms with Crippen LogP contribution in [0.3, 0.4) is 0 Å². The fraction of sp³-hybridized carbons (Fsp3) is 0.250. The first-order valence-electron chi connectivity index (χ1n) is 13.8. The Morgan fingerprint density at radius 1 is 0.929 bits per heavy atom. The molecule has 5 rings (SSSR count). The van der Waals surface area contributed by atoms with E-state index < -0.39 is 5.97 Å². The fourth-order valence-corrected chi connectivity index (χ4v) is 5.14. The first kappa shape index (κ1) is 28.6. The summed E-state index contributed by atoms with van der Waals surface area (Å²) in [5.41, 5.74) is 4.53. The molecule has 216 valence electrons. The van der Waals surface area contributed by atoms with Gasteiger partial charge in [-0.1, -0.05) is 30.3 Å². The molecule has 0 bridgehead atoms. The zero-order valence-electron chi connectivity index (χ0n) is 23.6. The van der Waals surface area contributed by atoms with Gasteiger partial charge in [-0.3, -0.25) is 14.4 Å². The molecule has 0 aromatic heterocycles. The number of piperazine rings is 1. The third-order valence-electron chi connectivity index (χ3n) is 7.55. The third kappa shape index (κ3) is 6.18. The second kappa shape index (κ2) is 12.3. The first-order chi connectivity index (χ1) is 20.2. The molecule has 0 saturated carbocycles. The van der Waals surface area contributed by atoms with Crippen molar-refractivity contribution in [2.45, 2.75) is 13.3 Å². The molecule has 10 heteroatoms. The zero-order chi connectivity index (χ0) is 29.8. The van der Waals surface area contributed by atoms with Crippen LogP contribution < -0.4 is 16.0 Å². The van der Waals surface area contributed by atoms with E-state index in [-0.39, 0.29) is 36.3 Å². The second-order valence-corrected chi connectivity index (χ2v) is 10.5. The number of hydrogen-bond acceptors (Lipinski definition) is 6. The molecule has 2 aliphatic rings. The summed E-state index contributed by atoms with van der Waals surface area (Å²) in [7, 11) is 2.03. The normalized spacial score (nSPS) is 16.0. The lowest BCUT2D eigenvalue weighted by Crippen LogP contribution is -2.47. The Hall–Kier alpha value is -4.96. The minimum absolute atomic E-state index is 0.0383. The number of benzene rings is 3. The van der Waals surface area contributed by atoms with Crippen LogP contribution in [0.4, 0.5) is 11.4 Å². The molecule has 10 nitrogen and oxygen atoms in total. The van der Waals surface area contributed by atoms with Gasteiger partial charge >= 0.3 is 5.97 Å². The van der Waals surface area contributed by atoms with E-state index in [0.29, 0.717) is 52.4 Å². The maximum atomic E-state index is 13.2. The van der Waals surface area contributed by atoms with Gasteiger partial charge in [0.05, 0.1) is 22.5 Å². The zero-order valence-corrected chi connectivity index (χ0v) is 23.6. The Morgan fingerprint density at radius 3 is 2.29 bits per heavy atom. The van der Waals surface area contributed by atoms with Crippen LogP contribution in [0.25, 0.3) is 11.3 Å². The number of aryl methyl sites for hydroxylation is 1. The number of anilines is 2. The average Bonchev–Trinajstić information content (AvgIpc) is 3.30. The molecule has 2 heterocycles. The van der Waals surface area contributed by atoms with E-state index in [0.717, 1.165) is 18.7 Å². The molecular weight excluding hydrogens is 534 g/mol. The summed E-state index contributed by atoms with van der Waals surface area (Å²) in [5, 5.41) is 18.5. The summed E-state index contributed by atoms with van der Waals surface area (Å²) in [5.74, 6) is -1.64. The van der Waals surface area contributed by atoms with Crippen molar-refractivity contribution in [2.75, 3.05) is 50.4 Å². The molecule has 3 aromatic carbocycles. The van der Waals surface area contributed by atoms with Gasteiger partial charge in [0.15, 0.2) is 0 Å². The molecule has 0 spiro atoms. The summed E-state index contributed by atoms with van der Waals surface area (Å²) >= 11 is 0. The molecule has 0 aliphatic carbocycles. The van der Waals surface area contributed by atoms with E-state index in [1.54, 1.807) is 37.3 Å². The number of nitrogens with zero attached hydrogens (tertiary/aromatic N) is 2. The quantitative estimate of drug-likeness (QED) is 0.307. The van der Waals surface area contributed by atoms with Crippen molar-refractivity contribution in [3.05, 3.63) is 94.5 Å². The highest BCUT2D eigenvalue weighted by Gasteiger charge is 2.30. The predicted octanol–water partition coefficient (Wildman–Crippen LogP) is 3.52. The molecule has 4 N–H and O–H groups in total. The summed E-state index contributed by atoms with van der Waals surface area (Å²) in [6, 6.07) is 19.4. The number of amides is 3. The number of carbonyl (C=O) groups excluding carboxylic acids is 3. The minimum Gasteiger partial charge on any atom is -0.478 e. The van der Waals surface area contributed by atoms with Crippen LogP contribution in [-0.4, -0.2) is 78.4 Å². The molecule has 0 radical (unpaired) electrons. The highest BCUT2D eigenvalue weighted by Crippen LogP contribution is 2.39. The number of carboxylic acid groups (broad SMARTS) is 1. The number of carboxylic acids is 1. The van der Waals surface area contributed by atoms with Crippen molar-refractivity contribution >= 4 is 46.3 Å². The van der Waals surface area contributed by atoms with E-state index in [9.17, 15) is 24.3 Å². The van der Waals surface area contributed by atoms with Crippen molar-refractivity contribution in [3.8, 4) is 0 Å². The summed E-state index contributed by atoms with van der Waals surface area (Å²) in [6.07, 6.45) is 0.250. The van der Waals surface area contributed by atoms with E-state index in [1.807, 2.05) is 42.3 Å². The van der Waals surface area contributed by atoms with E-state index in [2.05, 4.69) is 20.9 Å². The average molecular weight is 568 g/mol. The number of nitrogens with one attached hydrogen (secondary N) is 3. The monoisotopic (exact) mass is 567 g/mol. The van der Waals surface area contributed by atoms with Gasteiger partial charge in [-0.05, 0) is 61.5 Å². The maximum absolute atomic E-state index is 13.2. The van der Waals surface area contributed by atoms with Crippen LogP contribution in [0.5, 0.6) is 0 Å². The number of aromatic carboxylic acids is 1. The highest BCUT2D eigenvalue weighted by molar-refractivity contribution is 6.37. The Bertz CT molecular complexity index is 1560. The molecule has 3 aromatic rings. The third-order valence-corrected chi connectivity index (χ3v) is 7.55. The van der Waals surface area contributed by atoms with E-state index >= 15 is 0 Å². The number of hydrogen-bond donors (Lipinski definition) is 4. The highest BCUT2D eigenvalue weighted by atomic mass is 16.4. The molecule has 2 aliphatic heterocycles. The van der Waals surface area contributed by atoms with Gasteiger partial charge in [-0.2, -0.15) is 0 Å². The molecule has 42 heavy (non-hydrogen) atoms. The van der Waals surface area contributed by atoms with Crippen LogP contribution in [0.15, 0.2) is 66.7 Å². The van der Waals surface area contributed by atoms with Crippen molar-refractivity contribution in [1.29, 1.82) is 0 Å². The van der Waals surface area contributed by atoms with Gasteiger partial charge in [-0.25, -0.2) is 4.79 Å². The van der Waals surface area contributed by atoms with Gasteiger partial charge in [0.25, 0.3) is 11.8 Å². The maximum Gasteiger partial charge on any atom is 0.336 e. The summed E-state index contributed by atoms with van der Waals surface area (Å²) in [6.45, 7) is 5.06. The van der Waals surface area contributed by atoms with Gasteiger partial charge in [0, 0.05) is 56.0 Å². The minimum atomic E-state index is -1.06. The number of rotatable bonds is 8. The van der Waals surface area contributed by atoms with Crippen LogP contribution in [0.1, 0.15) is 43.8 Å². The Balaban J connectivity index is 1.32. The second-order valence-electron chi connectivity index (χ2n) is 10.5. The van der Waals surface area contributed by atoms with Crippen LogP contribution in [0.2, 0.25) is 0 Å². The largest absolute Gasteiger partial charge is 0.478 e. The lowest BCUT2D eigenvalue weighted by Gasteiger charge is -2.32. The smallest absolute Gasteiger partial charge is 0.336 e. The van der Waals surface area contributed by atoms with Crippen LogP contribution in [0, 0.1) is 6.92 Å². The van der Waals surface area contributed by atoms with E-state index in [1.165, 1.54) is 6.07 Å². The fourth-order valence-electron chi connectivity index (χ4n) is 5.14. The number of likely N-dealkylation sites (N-methyl/N-ethyl adjacent to an activating group) is 1. The van der Waals surface area contributed by atoms with Crippen LogP contribution in [-0.2, 0) is 9.59 Å². The van der Waals surface area contributed by atoms with Gasteiger partial charge in [0.2, 0.25) is 5.91 Å². The lowest BCUT2D eigenvalue weighted by atomic mass is 9.96. The van der Waals surface area contributed by atoms with Crippen molar-refractivity contribution in [1.82, 2.24) is 15.1 Å². The van der Waals surface area contributed by atoms with Gasteiger partial charge in [-0.15, -0.1) is 0 Å². The van der Waals surface area contributed by atoms with Crippen molar-refractivity contribution in [2.24, 2.45) is 0 Å². The lowest BCUT2D eigenvalue weighted by molar-refractivity contribution is -0.132. The van der Waals surface area contributed by atoms with Crippen molar-refractivity contribution < 1.29 is 24.3 Å². The Morgan fingerprint density at radius 2 is 1.62 bits per heavy atom. The Labute approximate surface area is 244 Å². The molecule has 1 saturated heterocycles. The number of fused-ring (bicyclic) bond motifs is 1. The van der Waals surface area contributed by atoms with Gasteiger partial charge < -0.3 is 30.9 Å². The standard InChI is InChI=1S/C32H33N5O5/c1-20-18-25-26(19-24(20)32(41)42)35-31(40)28(25)29(21-6-4-3-5-7-21)34-23-10-8-22(9-11-23)30(39)33-13-12-27(38)37-16-14-36(2)15-17-37/h3-11,18-19,34H,12-17H2,1-2H3,(H,33,39)(H,35,40)(H,41,42)/b29-28-. The van der Waals surface area contributed by atoms with E-state index in [4.69, 9.17) is 0 Å². The first-order valence-corrected chi connectivity index (χ1v) is 13.8. The van der Waals surface area contributed by atoms with Crippen LogP contribution >= 0.6 is 0 Å². The molecule has 1 fully saturated rings. The topological polar surface area (TPSA) is 131 Å². The summed E-state index contributed by atoms with van der Waals surface area (Å²) < 4.78 is 0. The molecule has 3 amide bonds. The predicted molar refractivity (Wildman–Crippen MR) is 161 cm³/mol. The van der Waals surface area contributed by atoms with Crippen molar-refractivity contribution in [3.63, 3.8) is 0 Å². The van der Waals surface area contributed by atoms with Gasteiger partial charge in [0.1, 0.15) is 0 Å².